The monoisotopic (exact) mass is 362 g/mol. The van der Waals surface area contributed by atoms with Crippen LogP contribution in [0.3, 0.4) is 0 Å². The molecule has 1 aromatic heterocycles. The zero-order valence-electron chi connectivity index (χ0n) is 16.2. The second kappa shape index (κ2) is 7.43. The van der Waals surface area contributed by atoms with Crippen LogP contribution >= 0.6 is 0 Å². The molecule has 0 unspecified atom stereocenters. The molecule has 5 heteroatoms. The Morgan fingerprint density at radius 2 is 1.56 bits per heavy atom. The number of benzene rings is 2. The first kappa shape index (κ1) is 17.6. The van der Waals surface area contributed by atoms with E-state index in [9.17, 15) is 0 Å². The fourth-order valence-corrected chi connectivity index (χ4v) is 3.45. The molecule has 0 aliphatic carbocycles. The maximum atomic E-state index is 5.48. The van der Waals surface area contributed by atoms with Gasteiger partial charge in [-0.15, -0.1) is 0 Å². The van der Waals surface area contributed by atoms with Crippen LogP contribution in [0.5, 0.6) is 0 Å². The van der Waals surface area contributed by atoms with Gasteiger partial charge in [-0.1, -0.05) is 12.1 Å². The average molecular weight is 362 g/mol. The maximum absolute atomic E-state index is 5.48. The molecule has 0 amide bonds. The van der Waals surface area contributed by atoms with Crippen LogP contribution in [0, 0.1) is 5.92 Å². The van der Waals surface area contributed by atoms with Crippen LogP contribution in [-0.4, -0.2) is 37.3 Å². The first-order valence-corrected chi connectivity index (χ1v) is 9.57. The van der Waals surface area contributed by atoms with E-state index in [4.69, 9.17) is 4.52 Å². The zero-order chi connectivity index (χ0) is 18.8. The summed E-state index contributed by atoms with van der Waals surface area (Å²) in [4.78, 5) is 9.09. The van der Waals surface area contributed by atoms with Crippen molar-refractivity contribution in [2.45, 2.75) is 19.8 Å². The molecule has 1 saturated heterocycles. The normalized spacial score (nSPS) is 15.1. The van der Waals surface area contributed by atoms with Gasteiger partial charge in [0.25, 0.3) is 5.89 Å². The Morgan fingerprint density at radius 1 is 0.926 bits per heavy atom. The van der Waals surface area contributed by atoms with Gasteiger partial charge in [-0.05, 0) is 67.3 Å². The van der Waals surface area contributed by atoms with E-state index in [2.05, 4.69) is 51.1 Å². The predicted molar refractivity (Wildman–Crippen MR) is 110 cm³/mol. The van der Waals surface area contributed by atoms with Crippen molar-refractivity contribution in [2.75, 3.05) is 37.0 Å². The molecule has 1 aliphatic rings. The van der Waals surface area contributed by atoms with Crippen LogP contribution in [-0.2, 0) is 0 Å². The first-order chi connectivity index (χ1) is 13.1. The molecule has 1 aliphatic heterocycles. The van der Waals surface area contributed by atoms with Gasteiger partial charge >= 0.3 is 0 Å². The number of hydrogen-bond acceptors (Lipinski definition) is 5. The summed E-state index contributed by atoms with van der Waals surface area (Å²) >= 11 is 0. The van der Waals surface area contributed by atoms with Crippen molar-refractivity contribution >= 4 is 11.4 Å². The van der Waals surface area contributed by atoms with E-state index >= 15 is 0 Å². The van der Waals surface area contributed by atoms with E-state index in [0.717, 1.165) is 35.8 Å². The standard InChI is InChI=1S/C22H26N4O/c1-16-12-14-26(15-13-16)20-10-4-17(5-11-20)21-23-22(27-24-21)18-6-8-19(9-7-18)25(2)3/h4-11,16H,12-15H2,1-3H3. The second-order valence-corrected chi connectivity index (χ2v) is 7.58. The molecule has 0 radical (unpaired) electrons. The lowest BCUT2D eigenvalue weighted by atomic mass is 9.98. The van der Waals surface area contributed by atoms with Crippen LogP contribution in [0.4, 0.5) is 11.4 Å². The third-order valence-corrected chi connectivity index (χ3v) is 5.33. The molecule has 2 heterocycles. The Morgan fingerprint density at radius 3 is 2.19 bits per heavy atom. The molecular formula is C22H26N4O. The summed E-state index contributed by atoms with van der Waals surface area (Å²) in [6.45, 7) is 4.61. The van der Waals surface area contributed by atoms with Gasteiger partial charge in [0.15, 0.2) is 0 Å². The Balaban J connectivity index is 1.49. The highest BCUT2D eigenvalue weighted by Gasteiger charge is 2.16. The van der Waals surface area contributed by atoms with Crippen molar-refractivity contribution in [2.24, 2.45) is 5.92 Å². The zero-order valence-corrected chi connectivity index (χ0v) is 16.2. The fourth-order valence-electron chi connectivity index (χ4n) is 3.45. The Hall–Kier alpha value is -2.82. The SMILES string of the molecule is CC1CCN(c2ccc(-c3noc(-c4ccc(N(C)C)cc4)n3)cc2)CC1. The maximum Gasteiger partial charge on any atom is 0.258 e. The third-order valence-electron chi connectivity index (χ3n) is 5.33. The van der Waals surface area contributed by atoms with Crippen molar-refractivity contribution in [3.05, 3.63) is 48.5 Å². The fraction of sp³-hybridized carbons (Fsp3) is 0.364. The highest BCUT2D eigenvalue weighted by molar-refractivity contribution is 5.64. The third kappa shape index (κ3) is 3.82. The van der Waals surface area contributed by atoms with Gasteiger partial charge in [0.1, 0.15) is 0 Å². The van der Waals surface area contributed by atoms with Gasteiger partial charge < -0.3 is 14.3 Å². The van der Waals surface area contributed by atoms with Gasteiger partial charge in [0.05, 0.1) is 0 Å². The highest BCUT2D eigenvalue weighted by Crippen LogP contribution is 2.27. The molecule has 0 bridgehead atoms. The minimum atomic E-state index is 0.546. The van der Waals surface area contributed by atoms with Crippen molar-refractivity contribution in [1.82, 2.24) is 10.1 Å². The van der Waals surface area contributed by atoms with E-state index in [0.29, 0.717) is 11.7 Å². The van der Waals surface area contributed by atoms with Crippen LogP contribution in [0.1, 0.15) is 19.8 Å². The summed E-state index contributed by atoms with van der Waals surface area (Å²) in [6.07, 6.45) is 2.53. The average Bonchev–Trinajstić information content (AvgIpc) is 3.19. The second-order valence-electron chi connectivity index (χ2n) is 7.58. The molecule has 3 aromatic rings. The van der Waals surface area contributed by atoms with Gasteiger partial charge in [-0.2, -0.15) is 4.98 Å². The van der Waals surface area contributed by atoms with Gasteiger partial charge in [-0.3, -0.25) is 0 Å². The molecule has 0 spiro atoms. The minimum absolute atomic E-state index is 0.546. The van der Waals surface area contributed by atoms with Crippen molar-refractivity contribution in [3.63, 3.8) is 0 Å². The number of piperidine rings is 1. The summed E-state index contributed by atoms with van der Waals surface area (Å²) in [7, 11) is 4.04. The molecule has 27 heavy (non-hydrogen) atoms. The van der Waals surface area contributed by atoms with E-state index < -0.39 is 0 Å². The largest absolute Gasteiger partial charge is 0.378 e. The van der Waals surface area contributed by atoms with Crippen molar-refractivity contribution < 1.29 is 4.52 Å². The molecule has 140 valence electrons. The topological polar surface area (TPSA) is 45.4 Å². The lowest BCUT2D eigenvalue weighted by Crippen LogP contribution is -2.32. The lowest BCUT2D eigenvalue weighted by molar-refractivity contribution is 0.432. The van der Waals surface area contributed by atoms with Crippen LogP contribution in [0.25, 0.3) is 22.8 Å². The van der Waals surface area contributed by atoms with Crippen molar-refractivity contribution in [3.8, 4) is 22.8 Å². The van der Waals surface area contributed by atoms with Gasteiger partial charge in [0.2, 0.25) is 5.82 Å². The molecule has 4 rings (SSSR count). The molecule has 1 fully saturated rings. The first-order valence-electron chi connectivity index (χ1n) is 9.57. The predicted octanol–water partition coefficient (Wildman–Crippen LogP) is 4.71. The number of hydrogen-bond donors (Lipinski definition) is 0. The molecule has 5 nitrogen and oxygen atoms in total. The number of anilines is 2. The summed E-state index contributed by atoms with van der Waals surface area (Å²) < 4.78 is 5.48. The van der Waals surface area contributed by atoms with Crippen LogP contribution < -0.4 is 9.80 Å². The van der Waals surface area contributed by atoms with E-state index in [1.807, 2.05) is 38.4 Å². The Labute approximate surface area is 160 Å². The van der Waals surface area contributed by atoms with Gasteiger partial charge in [0, 0.05) is 49.7 Å². The molecule has 0 saturated carbocycles. The summed E-state index contributed by atoms with van der Waals surface area (Å²) in [5.41, 5.74) is 4.32. The smallest absolute Gasteiger partial charge is 0.258 e. The summed E-state index contributed by atoms with van der Waals surface area (Å²) in [5.74, 6) is 2.01. The molecule has 0 N–H and O–H groups in total. The van der Waals surface area contributed by atoms with Crippen LogP contribution in [0.15, 0.2) is 53.1 Å². The Kier molecular flexibility index (Phi) is 4.84. The summed E-state index contributed by atoms with van der Waals surface area (Å²) in [6, 6.07) is 16.6. The molecule has 2 aromatic carbocycles. The number of nitrogens with zero attached hydrogens (tertiary/aromatic N) is 4. The summed E-state index contributed by atoms with van der Waals surface area (Å²) in [5, 5.41) is 4.16. The number of aromatic nitrogens is 2. The molecular weight excluding hydrogens is 336 g/mol. The van der Waals surface area contributed by atoms with Gasteiger partial charge in [-0.25, -0.2) is 0 Å². The quantitative estimate of drug-likeness (QED) is 0.673. The highest BCUT2D eigenvalue weighted by atomic mass is 16.5. The van der Waals surface area contributed by atoms with E-state index in [-0.39, 0.29) is 0 Å². The van der Waals surface area contributed by atoms with Crippen molar-refractivity contribution in [1.29, 1.82) is 0 Å². The Bertz CT molecular complexity index is 875. The van der Waals surface area contributed by atoms with E-state index in [1.165, 1.54) is 18.5 Å². The minimum Gasteiger partial charge on any atom is -0.378 e. The number of rotatable bonds is 4. The lowest BCUT2D eigenvalue weighted by Gasteiger charge is -2.32. The molecule has 0 atom stereocenters. The van der Waals surface area contributed by atoms with E-state index in [1.54, 1.807) is 0 Å². The van der Waals surface area contributed by atoms with Crippen LogP contribution in [0.2, 0.25) is 0 Å².